The lowest BCUT2D eigenvalue weighted by Gasteiger charge is -2.15. The molecule has 104 valence electrons. The van der Waals surface area contributed by atoms with E-state index in [-0.39, 0.29) is 29.1 Å². The van der Waals surface area contributed by atoms with Crippen molar-refractivity contribution in [2.24, 2.45) is 0 Å². The van der Waals surface area contributed by atoms with Gasteiger partial charge in [0.1, 0.15) is 11.6 Å². The van der Waals surface area contributed by atoms with E-state index in [0.717, 1.165) is 5.56 Å². The van der Waals surface area contributed by atoms with Crippen LogP contribution in [-0.4, -0.2) is 11.0 Å². The first-order valence-electron chi connectivity index (χ1n) is 6.34. The Morgan fingerprint density at radius 2 is 1.85 bits per heavy atom. The van der Waals surface area contributed by atoms with Crippen LogP contribution in [0.15, 0.2) is 42.5 Å². The molecule has 2 aromatic rings. The number of para-hydroxylation sites is 1. The number of aryl methyl sites for hydroxylation is 1. The topological polar surface area (TPSA) is 49.3 Å². The minimum absolute atomic E-state index is 0.0173. The number of benzene rings is 2. The third-order valence-corrected chi connectivity index (χ3v) is 3.20. The molecule has 0 aliphatic carbocycles. The van der Waals surface area contributed by atoms with Crippen LogP contribution in [0.2, 0.25) is 0 Å². The van der Waals surface area contributed by atoms with Crippen molar-refractivity contribution in [1.29, 1.82) is 0 Å². The first-order valence-corrected chi connectivity index (χ1v) is 6.34. The van der Waals surface area contributed by atoms with Crippen LogP contribution in [0.4, 0.5) is 4.39 Å². The molecule has 0 heterocycles. The van der Waals surface area contributed by atoms with E-state index in [9.17, 15) is 14.3 Å². The van der Waals surface area contributed by atoms with Crippen LogP contribution < -0.4 is 5.32 Å². The van der Waals surface area contributed by atoms with E-state index in [1.165, 1.54) is 12.1 Å². The SMILES string of the molecule is Cc1cccc(C(=O)NC(C)c2ccc(F)cc2)c1O. The number of amides is 1. The molecule has 20 heavy (non-hydrogen) atoms. The molecular weight excluding hydrogens is 257 g/mol. The number of phenols is 1. The molecule has 2 rings (SSSR count). The van der Waals surface area contributed by atoms with Gasteiger partial charge in [-0.2, -0.15) is 0 Å². The maximum absolute atomic E-state index is 12.9. The molecule has 1 unspecified atom stereocenters. The van der Waals surface area contributed by atoms with Gasteiger partial charge in [0, 0.05) is 0 Å². The third-order valence-electron chi connectivity index (χ3n) is 3.20. The van der Waals surface area contributed by atoms with Crippen LogP contribution in [0.25, 0.3) is 0 Å². The molecule has 2 aromatic carbocycles. The van der Waals surface area contributed by atoms with Crippen LogP contribution in [0.5, 0.6) is 5.75 Å². The standard InChI is InChI=1S/C16H16FNO2/c1-10-4-3-5-14(15(10)19)16(20)18-11(2)12-6-8-13(17)9-7-12/h3-9,11,19H,1-2H3,(H,18,20). The summed E-state index contributed by atoms with van der Waals surface area (Å²) >= 11 is 0. The predicted molar refractivity (Wildman–Crippen MR) is 75.1 cm³/mol. The number of aromatic hydroxyl groups is 1. The second-order valence-corrected chi connectivity index (χ2v) is 4.72. The van der Waals surface area contributed by atoms with Crippen molar-refractivity contribution in [3.8, 4) is 5.75 Å². The Hall–Kier alpha value is -2.36. The first kappa shape index (κ1) is 14.1. The Balaban J connectivity index is 2.15. The molecule has 0 radical (unpaired) electrons. The molecule has 1 atom stereocenters. The minimum atomic E-state index is -0.358. The van der Waals surface area contributed by atoms with E-state index in [4.69, 9.17) is 0 Å². The van der Waals surface area contributed by atoms with Gasteiger partial charge in [-0.05, 0) is 43.2 Å². The fraction of sp³-hybridized carbons (Fsp3) is 0.188. The van der Waals surface area contributed by atoms with E-state index >= 15 is 0 Å². The Morgan fingerprint density at radius 1 is 1.20 bits per heavy atom. The summed E-state index contributed by atoms with van der Waals surface area (Å²) in [5.74, 6) is -0.692. The minimum Gasteiger partial charge on any atom is -0.507 e. The molecular formula is C16H16FNO2. The van der Waals surface area contributed by atoms with Crippen LogP contribution in [0, 0.1) is 12.7 Å². The number of carbonyl (C=O) groups excluding carboxylic acids is 1. The Kier molecular flexibility index (Phi) is 4.03. The maximum atomic E-state index is 12.9. The molecule has 4 heteroatoms. The lowest BCUT2D eigenvalue weighted by molar-refractivity contribution is 0.0937. The molecule has 0 spiro atoms. The zero-order valence-corrected chi connectivity index (χ0v) is 11.4. The highest BCUT2D eigenvalue weighted by Gasteiger charge is 2.15. The number of rotatable bonds is 3. The molecule has 0 bridgehead atoms. The van der Waals surface area contributed by atoms with E-state index in [2.05, 4.69) is 5.32 Å². The second kappa shape index (κ2) is 5.74. The molecule has 0 fully saturated rings. The van der Waals surface area contributed by atoms with Crippen molar-refractivity contribution in [3.05, 3.63) is 65.0 Å². The summed E-state index contributed by atoms with van der Waals surface area (Å²) in [7, 11) is 0. The first-order chi connectivity index (χ1) is 9.49. The van der Waals surface area contributed by atoms with Gasteiger partial charge in [0.15, 0.2) is 0 Å². The van der Waals surface area contributed by atoms with Crippen molar-refractivity contribution in [2.45, 2.75) is 19.9 Å². The largest absolute Gasteiger partial charge is 0.507 e. The second-order valence-electron chi connectivity index (χ2n) is 4.72. The van der Waals surface area contributed by atoms with Gasteiger partial charge in [0.25, 0.3) is 5.91 Å². The number of hydrogen-bond acceptors (Lipinski definition) is 2. The zero-order valence-electron chi connectivity index (χ0n) is 11.4. The summed E-state index contributed by atoms with van der Waals surface area (Å²) in [5, 5.41) is 12.7. The van der Waals surface area contributed by atoms with Crippen molar-refractivity contribution in [1.82, 2.24) is 5.32 Å². The summed E-state index contributed by atoms with van der Waals surface area (Å²) in [6, 6.07) is 10.7. The Morgan fingerprint density at radius 3 is 2.50 bits per heavy atom. The number of carbonyl (C=O) groups is 1. The number of hydrogen-bond donors (Lipinski definition) is 2. The van der Waals surface area contributed by atoms with E-state index in [1.807, 2.05) is 0 Å². The van der Waals surface area contributed by atoms with Crippen LogP contribution in [0.3, 0.4) is 0 Å². The van der Waals surface area contributed by atoms with Gasteiger partial charge in [0.05, 0.1) is 11.6 Å². The van der Waals surface area contributed by atoms with Crippen molar-refractivity contribution in [2.75, 3.05) is 0 Å². The van der Waals surface area contributed by atoms with Crippen LogP contribution in [-0.2, 0) is 0 Å². The highest BCUT2D eigenvalue weighted by molar-refractivity contribution is 5.97. The summed E-state index contributed by atoms with van der Waals surface area (Å²) in [6.45, 7) is 3.54. The van der Waals surface area contributed by atoms with Gasteiger partial charge in [0.2, 0.25) is 0 Å². The zero-order chi connectivity index (χ0) is 14.7. The van der Waals surface area contributed by atoms with Crippen LogP contribution >= 0.6 is 0 Å². The molecule has 0 saturated carbocycles. The van der Waals surface area contributed by atoms with E-state index in [1.54, 1.807) is 44.2 Å². The summed E-state index contributed by atoms with van der Waals surface area (Å²) < 4.78 is 12.9. The number of phenolic OH excluding ortho intramolecular Hbond substituents is 1. The van der Waals surface area contributed by atoms with Gasteiger partial charge in [-0.1, -0.05) is 24.3 Å². The van der Waals surface area contributed by atoms with E-state index < -0.39 is 0 Å². The predicted octanol–water partition coefficient (Wildman–Crippen LogP) is 3.33. The maximum Gasteiger partial charge on any atom is 0.255 e. The molecule has 0 aliphatic heterocycles. The summed E-state index contributed by atoms with van der Waals surface area (Å²) in [6.07, 6.45) is 0. The normalized spacial score (nSPS) is 11.9. The lowest BCUT2D eigenvalue weighted by atomic mass is 10.1. The van der Waals surface area contributed by atoms with Gasteiger partial charge >= 0.3 is 0 Å². The van der Waals surface area contributed by atoms with Gasteiger partial charge in [-0.3, -0.25) is 4.79 Å². The van der Waals surface area contributed by atoms with Crippen molar-refractivity contribution < 1.29 is 14.3 Å². The van der Waals surface area contributed by atoms with Gasteiger partial charge in [-0.15, -0.1) is 0 Å². The fourth-order valence-corrected chi connectivity index (χ4v) is 1.95. The molecule has 0 saturated heterocycles. The third kappa shape index (κ3) is 2.96. The van der Waals surface area contributed by atoms with Crippen molar-refractivity contribution in [3.63, 3.8) is 0 Å². The number of halogens is 1. The average Bonchev–Trinajstić information content (AvgIpc) is 2.42. The van der Waals surface area contributed by atoms with Gasteiger partial charge < -0.3 is 10.4 Å². The lowest BCUT2D eigenvalue weighted by Crippen LogP contribution is -2.26. The van der Waals surface area contributed by atoms with Crippen LogP contribution in [0.1, 0.15) is 34.5 Å². The smallest absolute Gasteiger partial charge is 0.255 e. The highest BCUT2D eigenvalue weighted by atomic mass is 19.1. The molecule has 0 aromatic heterocycles. The highest BCUT2D eigenvalue weighted by Crippen LogP contribution is 2.22. The average molecular weight is 273 g/mol. The van der Waals surface area contributed by atoms with Gasteiger partial charge in [-0.25, -0.2) is 4.39 Å². The Bertz CT molecular complexity index is 623. The fourth-order valence-electron chi connectivity index (χ4n) is 1.95. The Labute approximate surface area is 117 Å². The summed E-state index contributed by atoms with van der Waals surface area (Å²) in [4.78, 5) is 12.1. The quantitative estimate of drug-likeness (QED) is 0.901. The molecule has 3 nitrogen and oxygen atoms in total. The summed E-state index contributed by atoms with van der Waals surface area (Å²) in [5.41, 5.74) is 1.68. The molecule has 2 N–H and O–H groups in total. The molecule has 1 amide bonds. The monoisotopic (exact) mass is 273 g/mol. The number of nitrogens with one attached hydrogen (secondary N) is 1. The van der Waals surface area contributed by atoms with E-state index in [0.29, 0.717) is 5.56 Å². The van der Waals surface area contributed by atoms with Crippen molar-refractivity contribution >= 4 is 5.91 Å². The molecule has 0 aliphatic rings.